The average molecular weight is 357 g/mol. The molecule has 25 heavy (non-hydrogen) atoms. The molecule has 6 heteroatoms. The van der Waals surface area contributed by atoms with Crippen LogP contribution in [0.15, 0.2) is 58.8 Å². The highest BCUT2D eigenvalue weighted by molar-refractivity contribution is 8.00. The highest BCUT2D eigenvalue weighted by Gasteiger charge is 2.13. The van der Waals surface area contributed by atoms with Crippen molar-refractivity contribution in [2.24, 2.45) is 11.0 Å². The molecule has 1 N–H and O–H groups in total. The molecule has 1 aromatic heterocycles. The van der Waals surface area contributed by atoms with Crippen molar-refractivity contribution < 1.29 is 9.53 Å². The highest BCUT2D eigenvalue weighted by Crippen LogP contribution is 2.20. The molecule has 132 valence electrons. The maximum Gasteiger partial charge on any atom is 0.253 e. The van der Waals surface area contributed by atoms with Crippen LogP contribution in [0.4, 0.5) is 0 Å². The summed E-state index contributed by atoms with van der Waals surface area (Å²) in [6.07, 6.45) is 3.32. The Morgan fingerprint density at radius 3 is 2.64 bits per heavy atom. The summed E-state index contributed by atoms with van der Waals surface area (Å²) in [6.45, 7) is 6.73. The summed E-state index contributed by atoms with van der Waals surface area (Å²) in [7, 11) is 0. The van der Waals surface area contributed by atoms with E-state index in [9.17, 15) is 4.79 Å². The number of carbonyl (C=O) groups is 1. The van der Waals surface area contributed by atoms with Crippen molar-refractivity contribution >= 4 is 23.9 Å². The van der Waals surface area contributed by atoms with Gasteiger partial charge in [0.2, 0.25) is 0 Å². The van der Waals surface area contributed by atoms with Gasteiger partial charge in [0.1, 0.15) is 5.75 Å². The number of rotatable bonds is 8. The third-order valence-electron chi connectivity index (χ3n) is 3.16. The number of hydrazone groups is 1. The third kappa shape index (κ3) is 6.97. The van der Waals surface area contributed by atoms with Gasteiger partial charge in [-0.15, -0.1) is 0 Å². The lowest BCUT2D eigenvalue weighted by atomic mass is 10.2. The van der Waals surface area contributed by atoms with Gasteiger partial charge in [0, 0.05) is 6.20 Å². The van der Waals surface area contributed by atoms with E-state index in [1.807, 2.05) is 49.4 Å². The molecule has 1 heterocycles. The fourth-order valence-corrected chi connectivity index (χ4v) is 2.63. The largest absolute Gasteiger partial charge is 0.493 e. The van der Waals surface area contributed by atoms with E-state index >= 15 is 0 Å². The monoisotopic (exact) mass is 357 g/mol. The molecule has 0 spiro atoms. The second-order valence-electron chi connectivity index (χ2n) is 5.94. The average Bonchev–Trinajstić information content (AvgIpc) is 2.61. The smallest absolute Gasteiger partial charge is 0.253 e. The number of carbonyl (C=O) groups excluding carboxylic acids is 1. The number of benzene rings is 1. The SMILES string of the molecule is CC(C)COc1ccc(/C=N\NC(=O)[C@@H](C)Sc2ccccn2)cc1. The Labute approximate surface area is 152 Å². The van der Waals surface area contributed by atoms with Crippen molar-refractivity contribution in [3.8, 4) is 5.75 Å². The molecule has 0 fully saturated rings. The standard InChI is InChI=1S/C19H23N3O2S/c1-14(2)13-24-17-9-7-16(8-10-17)12-21-22-19(23)15(3)25-18-6-4-5-11-20-18/h4-12,14-15H,13H2,1-3H3,(H,22,23)/b21-12-/t15-/m1/s1. The van der Waals surface area contributed by atoms with Crippen LogP contribution in [0.25, 0.3) is 0 Å². The maximum absolute atomic E-state index is 12.0. The highest BCUT2D eigenvalue weighted by atomic mass is 32.2. The van der Waals surface area contributed by atoms with Crippen molar-refractivity contribution in [3.05, 3.63) is 54.2 Å². The molecule has 5 nitrogen and oxygen atoms in total. The second-order valence-corrected chi connectivity index (χ2v) is 7.30. The molecule has 0 radical (unpaired) electrons. The Balaban J connectivity index is 1.80. The molecule has 2 aromatic rings. The van der Waals surface area contributed by atoms with Crippen LogP contribution < -0.4 is 10.2 Å². The Bertz CT molecular complexity index is 688. The van der Waals surface area contributed by atoms with Gasteiger partial charge in [-0.05, 0) is 54.8 Å². The molecular formula is C19H23N3O2S. The summed E-state index contributed by atoms with van der Waals surface area (Å²) >= 11 is 1.39. The molecule has 0 aliphatic carbocycles. The van der Waals surface area contributed by atoms with E-state index < -0.39 is 0 Å². The van der Waals surface area contributed by atoms with Gasteiger partial charge >= 0.3 is 0 Å². The summed E-state index contributed by atoms with van der Waals surface area (Å²) in [5.74, 6) is 1.15. The number of nitrogens with zero attached hydrogens (tertiary/aromatic N) is 2. The zero-order valence-electron chi connectivity index (χ0n) is 14.7. The number of hydrogen-bond donors (Lipinski definition) is 1. The fraction of sp³-hybridized carbons (Fsp3) is 0.316. The molecular weight excluding hydrogens is 334 g/mol. The predicted octanol–water partition coefficient (Wildman–Crippen LogP) is 3.75. The molecule has 0 saturated heterocycles. The lowest BCUT2D eigenvalue weighted by molar-refractivity contribution is -0.120. The van der Waals surface area contributed by atoms with Crippen LogP contribution in [0, 0.1) is 5.92 Å². The number of nitrogens with one attached hydrogen (secondary N) is 1. The van der Waals surface area contributed by atoms with Gasteiger partial charge in [-0.3, -0.25) is 4.79 Å². The van der Waals surface area contributed by atoms with Gasteiger partial charge in [0.15, 0.2) is 0 Å². The van der Waals surface area contributed by atoms with Crippen LogP contribution in [0.1, 0.15) is 26.3 Å². The van der Waals surface area contributed by atoms with Crippen LogP contribution in [-0.2, 0) is 4.79 Å². The fourth-order valence-electron chi connectivity index (χ4n) is 1.83. The van der Waals surface area contributed by atoms with Crippen LogP contribution in [-0.4, -0.2) is 29.0 Å². The summed E-state index contributed by atoms with van der Waals surface area (Å²) in [6, 6.07) is 13.2. The first kappa shape index (κ1) is 19.0. The van der Waals surface area contributed by atoms with Gasteiger partial charge < -0.3 is 4.74 Å². The topological polar surface area (TPSA) is 63.6 Å². The molecule has 0 unspecified atom stereocenters. The third-order valence-corrected chi connectivity index (χ3v) is 4.21. The minimum atomic E-state index is -0.279. The van der Waals surface area contributed by atoms with E-state index in [-0.39, 0.29) is 11.2 Å². The quantitative estimate of drug-likeness (QED) is 0.444. The van der Waals surface area contributed by atoms with Gasteiger partial charge in [-0.2, -0.15) is 5.10 Å². The minimum absolute atomic E-state index is 0.163. The zero-order chi connectivity index (χ0) is 18.1. The van der Waals surface area contributed by atoms with Crippen LogP contribution in [0.2, 0.25) is 0 Å². The summed E-state index contributed by atoms with van der Waals surface area (Å²) in [5.41, 5.74) is 3.45. The first-order chi connectivity index (χ1) is 12.0. The summed E-state index contributed by atoms with van der Waals surface area (Å²) < 4.78 is 5.63. The van der Waals surface area contributed by atoms with Crippen molar-refractivity contribution in [1.29, 1.82) is 0 Å². The predicted molar refractivity (Wildman–Crippen MR) is 102 cm³/mol. The molecule has 0 bridgehead atoms. The van der Waals surface area contributed by atoms with E-state index in [0.717, 1.165) is 16.3 Å². The number of thioether (sulfide) groups is 1. The Morgan fingerprint density at radius 1 is 1.24 bits per heavy atom. The molecule has 0 aliphatic heterocycles. The minimum Gasteiger partial charge on any atom is -0.493 e. The van der Waals surface area contributed by atoms with Gasteiger partial charge in [0.05, 0.1) is 23.1 Å². The van der Waals surface area contributed by atoms with Crippen LogP contribution in [0.3, 0.4) is 0 Å². The van der Waals surface area contributed by atoms with Crippen molar-refractivity contribution in [1.82, 2.24) is 10.4 Å². The van der Waals surface area contributed by atoms with Gasteiger partial charge in [-0.25, -0.2) is 10.4 Å². The Hall–Kier alpha value is -2.34. The molecule has 0 saturated carbocycles. The first-order valence-electron chi connectivity index (χ1n) is 8.18. The zero-order valence-corrected chi connectivity index (χ0v) is 15.5. The number of aromatic nitrogens is 1. The second kappa shape index (κ2) is 9.84. The molecule has 1 aromatic carbocycles. The van der Waals surface area contributed by atoms with Crippen LogP contribution in [0.5, 0.6) is 5.75 Å². The molecule has 1 atom stereocenters. The first-order valence-corrected chi connectivity index (χ1v) is 9.06. The van der Waals surface area contributed by atoms with E-state index in [4.69, 9.17) is 4.74 Å². The van der Waals surface area contributed by atoms with E-state index in [2.05, 4.69) is 29.4 Å². The van der Waals surface area contributed by atoms with Crippen molar-refractivity contribution in [2.75, 3.05) is 6.61 Å². The summed E-state index contributed by atoms with van der Waals surface area (Å²) in [5, 5.41) is 4.54. The maximum atomic E-state index is 12.0. The lowest BCUT2D eigenvalue weighted by Gasteiger charge is -2.09. The van der Waals surface area contributed by atoms with E-state index in [1.165, 1.54) is 11.8 Å². The van der Waals surface area contributed by atoms with Crippen LogP contribution >= 0.6 is 11.8 Å². The number of amides is 1. The molecule has 2 rings (SSSR count). The van der Waals surface area contributed by atoms with E-state index in [1.54, 1.807) is 12.4 Å². The number of ether oxygens (including phenoxy) is 1. The van der Waals surface area contributed by atoms with E-state index in [0.29, 0.717) is 12.5 Å². The number of hydrogen-bond acceptors (Lipinski definition) is 5. The normalized spacial score (nSPS) is 12.3. The van der Waals surface area contributed by atoms with Gasteiger partial charge in [-0.1, -0.05) is 31.7 Å². The van der Waals surface area contributed by atoms with Gasteiger partial charge in [0.25, 0.3) is 5.91 Å². The molecule has 1 amide bonds. The summed E-state index contributed by atoms with van der Waals surface area (Å²) in [4.78, 5) is 16.2. The number of pyridine rings is 1. The van der Waals surface area contributed by atoms with Crippen molar-refractivity contribution in [2.45, 2.75) is 31.0 Å². The molecule has 0 aliphatic rings. The Kier molecular flexibility index (Phi) is 7.47. The lowest BCUT2D eigenvalue weighted by Crippen LogP contribution is -2.26. The van der Waals surface area contributed by atoms with Crippen molar-refractivity contribution in [3.63, 3.8) is 0 Å². The Morgan fingerprint density at radius 2 is 2.00 bits per heavy atom.